The Morgan fingerprint density at radius 2 is 1.96 bits per heavy atom. The predicted molar refractivity (Wildman–Crippen MR) is 91.4 cm³/mol. The van der Waals surface area contributed by atoms with E-state index in [1.807, 2.05) is 13.8 Å². The molecule has 3 aromatic heterocycles. The average Bonchev–Trinajstić information content (AvgIpc) is 3.03. The summed E-state index contributed by atoms with van der Waals surface area (Å²) in [4.78, 5) is 12.2. The van der Waals surface area contributed by atoms with E-state index in [0.29, 0.717) is 22.4 Å². The number of rotatable bonds is 5. The van der Waals surface area contributed by atoms with Crippen LogP contribution in [-0.4, -0.2) is 25.4 Å². The number of aromatic nitrogens is 4. The van der Waals surface area contributed by atoms with Gasteiger partial charge in [-0.1, -0.05) is 0 Å². The first-order chi connectivity index (χ1) is 12.3. The lowest BCUT2D eigenvalue weighted by Crippen LogP contribution is -2.06. The minimum absolute atomic E-state index is 0.0246. The van der Waals surface area contributed by atoms with Gasteiger partial charge in [-0.25, -0.2) is 4.98 Å². The zero-order valence-electron chi connectivity index (χ0n) is 13.8. The second-order valence-electron chi connectivity index (χ2n) is 5.52. The Morgan fingerprint density at radius 1 is 1.15 bits per heavy atom. The van der Waals surface area contributed by atoms with Gasteiger partial charge in [-0.3, -0.25) is 4.98 Å². The van der Waals surface area contributed by atoms with Gasteiger partial charge in [0.2, 0.25) is 5.13 Å². The van der Waals surface area contributed by atoms with Crippen molar-refractivity contribution in [3.63, 3.8) is 0 Å². The molecule has 0 unspecified atom stereocenters. The Labute approximate surface area is 151 Å². The fourth-order valence-electron chi connectivity index (χ4n) is 2.00. The number of ether oxygens (including phenoxy) is 1. The van der Waals surface area contributed by atoms with Crippen LogP contribution in [0.4, 0.5) is 24.1 Å². The second-order valence-corrected chi connectivity index (χ2v) is 6.27. The summed E-state index contributed by atoms with van der Waals surface area (Å²) in [5.41, 5.74) is -0.278. The van der Waals surface area contributed by atoms with Gasteiger partial charge < -0.3 is 10.1 Å². The molecule has 136 valence electrons. The quantitative estimate of drug-likeness (QED) is 0.699. The largest absolute Gasteiger partial charge is 0.491 e. The number of pyridine rings is 2. The lowest BCUT2D eigenvalue weighted by molar-refractivity contribution is -0.137. The normalized spacial score (nSPS) is 11.6. The summed E-state index contributed by atoms with van der Waals surface area (Å²) >= 11 is 1.05. The van der Waals surface area contributed by atoms with Crippen molar-refractivity contribution in [2.75, 3.05) is 5.32 Å². The van der Waals surface area contributed by atoms with Crippen LogP contribution in [0.2, 0.25) is 0 Å². The Balaban J connectivity index is 1.74. The second kappa shape index (κ2) is 7.24. The van der Waals surface area contributed by atoms with Gasteiger partial charge >= 0.3 is 6.18 Å². The summed E-state index contributed by atoms with van der Waals surface area (Å²) in [7, 11) is 0. The number of anilines is 2. The molecule has 10 heteroatoms. The smallest absolute Gasteiger partial charge is 0.417 e. The van der Waals surface area contributed by atoms with Gasteiger partial charge in [0.15, 0.2) is 5.82 Å². The maximum atomic E-state index is 12.6. The van der Waals surface area contributed by atoms with Crippen LogP contribution < -0.4 is 10.1 Å². The van der Waals surface area contributed by atoms with Crippen molar-refractivity contribution in [2.45, 2.75) is 26.1 Å². The van der Waals surface area contributed by atoms with Crippen LogP contribution in [-0.2, 0) is 6.18 Å². The van der Waals surface area contributed by atoms with Crippen molar-refractivity contribution >= 4 is 22.5 Å². The van der Waals surface area contributed by atoms with Crippen LogP contribution in [0.3, 0.4) is 0 Å². The molecule has 3 heterocycles. The SMILES string of the molecule is CC(C)Oc1ccnc(-c2nsc(Nc3ccc(C(F)(F)F)cn3)n2)c1. The third kappa shape index (κ3) is 4.45. The number of nitrogens with one attached hydrogen (secondary N) is 1. The number of halogens is 3. The van der Waals surface area contributed by atoms with Crippen LogP contribution in [0, 0.1) is 0 Å². The van der Waals surface area contributed by atoms with E-state index in [1.165, 1.54) is 6.07 Å². The first-order valence-electron chi connectivity index (χ1n) is 7.58. The van der Waals surface area contributed by atoms with Crippen molar-refractivity contribution in [1.82, 2.24) is 19.3 Å². The van der Waals surface area contributed by atoms with E-state index in [1.54, 1.807) is 18.3 Å². The van der Waals surface area contributed by atoms with E-state index < -0.39 is 11.7 Å². The average molecular weight is 381 g/mol. The van der Waals surface area contributed by atoms with Gasteiger partial charge in [0, 0.05) is 30.0 Å². The molecule has 0 atom stereocenters. The van der Waals surface area contributed by atoms with Crippen LogP contribution in [0.5, 0.6) is 5.75 Å². The van der Waals surface area contributed by atoms with Gasteiger partial charge in [0.25, 0.3) is 0 Å². The predicted octanol–water partition coefficient (Wildman–Crippen LogP) is 4.54. The minimum Gasteiger partial charge on any atom is -0.491 e. The Hall–Kier alpha value is -2.75. The molecule has 0 aliphatic carbocycles. The lowest BCUT2D eigenvalue weighted by Gasteiger charge is -2.09. The molecule has 6 nitrogen and oxygen atoms in total. The van der Waals surface area contributed by atoms with E-state index >= 15 is 0 Å². The van der Waals surface area contributed by atoms with Gasteiger partial charge in [0.05, 0.1) is 11.7 Å². The molecule has 3 aromatic rings. The number of hydrogen-bond donors (Lipinski definition) is 1. The van der Waals surface area contributed by atoms with Gasteiger partial charge in [-0.15, -0.1) is 0 Å². The fourth-order valence-corrected chi connectivity index (χ4v) is 2.59. The molecular weight excluding hydrogens is 367 g/mol. The fraction of sp³-hybridized carbons (Fsp3) is 0.250. The highest BCUT2D eigenvalue weighted by Crippen LogP contribution is 2.30. The molecule has 0 aliphatic rings. The summed E-state index contributed by atoms with van der Waals surface area (Å²) in [6.07, 6.45) is -2.04. The highest BCUT2D eigenvalue weighted by Gasteiger charge is 2.30. The van der Waals surface area contributed by atoms with Crippen LogP contribution in [0.1, 0.15) is 19.4 Å². The van der Waals surface area contributed by atoms with Crippen molar-refractivity contribution in [3.05, 3.63) is 42.2 Å². The zero-order chi connectivity index (χ0) is 18.7. The minimum atomic E-state index is -4.42. The first-order valence-corrected chi connectivity index (χ1v) is 8.35. The van der Waals surface area contributed by atoms with Crippen molar-refractivity contribution in [1.29, 1.82) is 0 Å². The van der Waals surface area contributed by atoms with E-state index in [-0.39, 0.29) is 11.9 Å². The Kier molecular flexibility index (Phi) is 5.03. The third-order valence-corrected chi connectivity index (χ3v) is 3.71. The molecule has 0 saturated heterocycles. The van der Waals surface area contributed by atoms with E-state index in [9.17, 15) is 13.2 Å². The Morgan fingerprint density at radius 3 is 2.62 bits per heavy atom. The van der Waals surface area contributed by atoms with Crippen molar-refractivity contribution < 1.29 is 17.9 Å². The summed E-state index contributed by atoms with van der Waals surface area (Å²) in [5, 5.41) is 3.22. The Bertz CT molecular complexity index is 880. The van der Waals surface area contributed by atoms with Crippen molar-refractivity contribution in [2.24, 2.45) is 0 Å². The molecule has 26 heavy (non-hydrogen) atoms. The lowest BCUT2D eigenvalue weighted by atomic mass is 10.3. The molecule has 0 aromatic carbocycles. The molecule has 1 N–H and O–H groups in total. The molecule has 0 bridgehead atoms. The van der Waals surface area contributed by atoms with E-state index in [0.717, 1.165) is 23.8 Å². The maximum absolute atomic E-state index is 12.6. The van der Waals surface area contributed by atoms with E-state index in [2.05, 4.69) is 24.6 Å². The van der Waals surface area contributed by atoms with Gasteiger partial charge in [-0.2, -0.15) is 22.5 Å². The van der Waals surface area contributed by atoms with Crippen LogP contribution >= 0.6 is 11.5 Å². The molecule has 3 rings (SSSR count). The number of alkyl halides is 3. The summed E-state index contributed by atoms with van der Waals surface area (Å²) in [6.45, 7) is 3.83. The van der Waals surface area contributed by atoms with Crippen LogP contribution in [0.15, 0.2) is 36.7 Å². The highest BCUT2D eigenvalue weighted by molar-refractivity contribution is 7.09. The zero-order valence-corrected chi connectivity index (χ0v) is 14.6. The van der Waals surface area contributed by atoms with Gasteiger partial charge in [0.1, 0.15) is 17.3 Å². The molecule has 0 fully saturated rings. The molecule has 0 radical (unpaired) electrons. The van der Waals surface area contributed by atoms with Crippen LogP contribution in [0.25, 0.3) is 11.5 Å². The third-order valence-electron chi connectivity index (χ3n) is 3.08. The van der Waals surface area contributed by atoms with E-state index in [4.69, 9.17) is 4.74 Å². The van der Waals surface area contributed by atoms with Crippen molar-refractivity contribution in [3.8, 4) is 17.3 Å². The summed E-state index contributed by atoms with van der Waals surface area (Å²) in [6, 6.07) is 5.65. The molecule has 0 aliphatic heterocycles. The molecule has 0 spiro atoms. The highest BCUT2D eigenvalue weighted by atomic mass is 32.1. The summed E-state index contributed by atoms with van der Waals surface area (Å²) < 4.78 is 47.5. The monoisotopic (exact) mass is 381 g/mol. The summed E-state index contributed by atoms with van der Waals surface area (Å²) in [5.74, 6) is 1.28. The number of hydrogen-bond acceptors (Lipinski definition) is 7. The topological polar surface area (TPSA) is 72.8 Å². The standard InChI is InChI=1S/C16H14F3N5OS/c1-9(2)25-11-5-6-20-12(7-11)14-23-15(26-24-14)22-13-4-3-10(8-21-13)16(17,18)19/h3-9H,1-2H3,(H,21,22,23,24). The molecular formula is C16H14F3N5OS. The van der Waals surface area contributed by atoms with Gasteiger partial charge in [-0.05, 0) is 32.0 Å². The molecule has 0 amide bonds. The first kappa shape index (κ1) is 18.1. The maximum Gasteiger partial charge on any atom is 0.417 e. The number of nitrogens with zero attached hydrogens (tertiary/aromatic N) is 4. The molecule has 0 saturated carbocycles.